The number of hydrogen-bond donors (Lipinski definition) is 0. The van der Waals surface area contributed by atoms with Crippen molar-refractivity contribution in [1.29, 1.82) is 0 Å². The van der Waals surface area contributed by atoms with Crippen LogP contribution < -0.4 is 29.6 Å². The van der Waals surface area contributed by atoms with E-state index in [1.54, 1.807) is 0 Å². The summed E-state index contributed by atoms with van der Waals surface area (Å²) < 4.78 is 46.3. The standard InChI is InChI=1S/C36H58O7S.Na/c1-3-5-7-9-11-13-15-17-19-21-23-25-30-42-35(37)32-28-27-29-33(44(39,40)41)34(32)36(38)43-31-26-24-22-20-18-16-14-12-10-8-6-4-2;/h9-12,27-29H,3-8,13-26,30-31H2,1-2H3,(H,39,40,41);/q;+1/p-1/b11-9+,12-10+;. The first-order chi connectivity index (χ1) is 21.3. The van der Waals surface area contributed by atoms with Crippen LogP contribution in [0.2, 0.25) is 0 Å². The number of unbranched alkanes of at least 4 members (excludes halogenated alkanes) is 16. The molecule has 0 bridgehead atoms. The molecule has 7 nitrogen and oxygen atoms in total. The van der Waals surface area contributed by atoms with Crippen molar-refractivity contribution in [3.8, 4) is 0 Å². The maximum Gasteiger partial charge on any atom is 1.00 e. The molecule has 250 valence electrons. The van der Waals surface area contributed by atoms with Crippen molar-refractivity contribution in [2.45, 2.75) is 147 Å². The molecule has 0 amide bonds. The van der Waals surface area contributed by atoms with E-state index in [4.69, 9.17) is 9.47 Å². The first-order valence-corrected chi connectivity index (χ1v) is 18.5. The van der Waals surface area contributed by atoms with Gasteiger partial charge in [-0.1, -0.05) is 121 Å². The van der Waals surface area contributed by atoms with E-state index in [9.17, 15) is 22.6 Å². The zero-order chi connectivity index (χ0) is 32.3. The third kappa shape index (κ3) is 21.9. The summed E-state index contributed by atoms with van der Waals surface area (Å²) in [6.45, 7) is 4.62. The molecule has 0 saturated carbocycles. The maximum atomic E-state index is 12.9. The minimum Gasteiger partial charge on any atom is -0.744 e. The molecule has 0 saturated heterocycles. The fraction of sp³-hybridized carbons (Fsp3) is 0.667. The zero-order valence-corrected chi connectivity index (χ0v) is 31.2. The van der Waals surface area contributed by atoms with Crippen molar-refractivity contribution in [3.63, 3.8) is 0 Å². The fourth-order valence-electron chi connectivity index (χ4n) is 4.86. The van der Waals surface area contributed by atoms with E-state index in [1.807, 2.05) is 0 Å². The molecule has 1 aromatic carbocycles. The number of rotatable bonds is 27. The first-order valence-electron chi connectivity index (χ1n) is 17.1. The summed E-state index contributed by atoms with van der Waals surface area (Å²) in [4.78, 5) is 24.9. The molecule has 9 heteroatoms. The third-order valence-electron chi connectivity index (χ3n) is 7.50. The number of benzene rings is 1. The number of ether oxygens (including phenoxy) is 2. The van der Waals surface area contributed by atoms with E-state index in [1.165, 1.54) is 44.2 Å². The fourth-order valence-corrected chi connectivity index (χ4v) is 5.55. The Bertz CT molecular complexity index is 1080. The number of esters is 2. The Kier molecular flexibility index (Phi) is 27.8. The van der Waals surface area contributed by atoms with Crippen LogP contribution in [0.15, 0.2) is 47.4 Å². The maximum absolute atomic E-state index is 12.9. The first kappa shape index (κ1) is 43.5. The second-order valence-electron chi connectivity index (χ2n) is 11.5. The van der Waals surface area contributed by atoms with Gasteiger partial charge < -0.3 is 14.0 Å². The van der Waals surface area contributed by atoms with Crippen LogP contribution in [0.3, 0.4) is 0 Å². The van der Waals surface area contributed by atoms with Gasteiger partial charge in [-0.25, -0.2) is 18.0 Å². The predicted octanol–water partition coefficient (Wildman–Crippen LogP) is 6.86. The predicted molar refractivity (Wildman–Crippen MR) is 177 cm³/mol. The normalized spacial score (nSPS) is 11.6. The quantitative estimate of drug-likeness (QED) is 0.0335. The molecule has 0 fully saturated rings. The molecule has 0 spiro atoms. The molecule has 0 aliphatic carbocycles. The number of hydrogen-bond acceptors (Lipinski definition) is 7. The Balaban J connectivity index is 0.0000194. The van der Waals surface area contributed by atoms with Gasteiger partial charge in [-0.3, -0.25) is 0 Å². The monoisotopic (exact) mass is 656 g/mol. The Morgan fingerprint density at radius 3 is 1.47 bits per heavy atom. The summed E-state index contributed by atoms with van der Waals surface area (Å²) in [6.07, 6.45) is 30.5. The molecule has 0 aliphatic heterocycles. The minimum absolute atomic E-state index is 0. The van der Waals surface area contributed by atoms with Crippen molar-refractivity contribution in [3.05, 3.63) is 53.6 Å². The van der Waals surface area contributed by atoms with E-state index in [2.05, 4.69) is 38.2 Å². The van der Waals surface area contributed by atoms with Crippen LogP contribution >= 0.6 is 0 Å². The van der Waals surface area contributed by atoms with Gasteiger partial charge in [0.25, 0.3) is 0 Å². The van der Waals surface area contributed by atoms with Gasteiger partial charge in [0, 0.05) is 0 Å². The van der Waals surface area contributed by atoms with E-state index >= 15 is 0 Å². The van der Waals surface area contributed by atoms with E-state index in [-0.39, 0.29) is 48.3 Å². The molecule has 0 atom stereocenters. The summed E-state index contributed by atoms with van der Waals surface area (Å²) >= 11 is 0. The SMILES string of the molecule is CCCC/C=C/CCCCCCCCOC(=O)c1cccc(S(=O)(=O)[O-])c1C(=O)OCCCCCCCC/C=C/CCCC.[Na+]. The van der Waals surface area contributed by atoms with Crippen molar-refractivity contribution in [1.82, 2.24) is 0 Å². The molecule has 0 aromatic heterocycles. The van der Waals surface area contributed by atoms with Crippen LogP contribution in [-0.2, 0) is 19.6 Å². The Morgan fingerprint density at radius 1 is 0.622 bits per heavy atom. The van der Waals surface area contributed by atoms with Gasteiger partial charge in [-0.05, 0) is 63.5 Å². The Morgan fingerprint density at radius 2 is 1.02 bits per heavy atom. The van der Waals surface area contributed by atoms with Crippen LogP contribution in [0.4, 0.5) is 0 Å². The average molecular weight is 657 g/mol. The summed E-state index contributed by atoms with van der Waals surface area (Å²) in [5, 5.41) is 0. The van der Waals surface area contributed by atoms with Crippen LogP contribution in [0, 0.1) is 0 Å². The molecule has 0 N–H and O–H groups in total. The Hall–Kier alpha value is -1.45. The molecule has 45 heavy (non-hydrogen) atoms. The summed E-state index contributed by atoms with van der Waals surface area (Å²) in [5.41, 5.74) is -0.800. The van der Waals surface area contributed by atoms with Gasteiger partial charge in [0.1, 0.15) is 10.1 Å². The molecule has 1 aromatic rings. The van der Waals surface area contributed by atoms with Gasteiger partial charge in [-0.15, -0.1) is 0 Å². The van der Waals surface area contributed by atoms with Gasteiger partial charge >= 0.3 is 41.5 Å². The van der Waals surface area contributed by atoms with Crippen molar-refractivity contribution >= 4 is 22.1 Å². The smallest absolute Gasteiger partial charge is 0.744 e. The number of carbonyl (C=O) groups excluding carboxylic acids is 2. The van der Waals surface area contributed by atoms with Gasteiger partial charge in [0.05, 0.1) is 29.2 Å². The van der Waals surface area contributed by atoms with Crippen LogP contribution in [0.1, 0.15) is 163 Å². The minimum atomic E-state index is -5.01. The van der Waals surface area contributed by atoms with Crippen LogP contribution in [0.5, 0.6) is 0 Å². The second-order valence-corrected chi connectivity index (χ2v) is 12.8. The van der Waals surface area contributed by atoms with E-state index in [0.29, 0.717) is 12.8 Å². The Labute approximate surface area is 296 Å². The summed E-state index contributed by atoms with van der Waals surface area (Å²) in [6, 6.07) is 3.58. The van der Waals surface area contributed by atoms with Crippen LogP contribution in [-0.4, -0.2) is 38.1 Å². The van der Waals surface area contributed by atoms with Crippen molar-refractivity contribution in [2.24, 2.45) is 0 Å². The van der Waals surface area contributed by atoms with Gasteiger partial charge in [-0.2, -0.15) is 0 Å². The topological polar surface area (TPSA) is 110 Å². The average Bonchev–Trinajstić information content (AvgIpc) is 3.00. The molecule has 0 unspecified atom stereocenters. The molecule has 0 aliphatic rings. The zero-order valence-electron chi connectivity index (χ0n) is 28.4. The molecular formula is C36H57NaO7S. The molecule has 0 heterocycles. The summed E-state index contributed by atoms with van der Waals surface area (Å²) in [5.74, 6) is -1.83. The van der Waals surface area contributed by atoms with E-state index in [0.717, 1.165) is 89.5 Å². The van der Waals surface area contributed by atoms with Crippen LogP contribution in [0.25, 0.3) is 0 Å². The number of carbonyl (C=O) groups is 2. The second kappa shape index (κ2) is 28.7. The third-order valence-corrected chi connectivity index (χ3v) is 8.38. The largest absolute Gasteiger partial charge is 1.00 e. The van der Waals surface area contributed by atoms with Crippen molar-refractivity contribution < 1.29 is 61.6 Å². The molecular weight excluding hydrogens is 599 g/mol. The van der Waals surface area contributed by atoms with Crippen molar-refractivity contribution in [2.75, 3.05) is 13.2 Å². The van der Waals surface area contributed by atoms with E-state index < -0.39 is 32.5 Å². The van der Waals surface area contributed by atoms with Gasteiger partial charge in [0.2, 0.25) is 0 Å². The molecule has 1 rings (SSSR count). The molecule has 0 radical (unpaired) electrons. The summed E-state index contributed by atoms with van der Waals surface area (Å²) in [7, 11) is -5.01. The number of allylic oxidation sites excluding steroid dienone is 4. The van der Waals surface area contributed by atoms with Gasteiger partial charge in [0.15, 0.2) is 0 Å².